The van der Waals surface area contributed by atoms with Crippen LogP contribution >= 0.6 is 0 Å². The number of aryl methyl sites for hydroxylation is 2. The molecule has 1 aromatic heterocycles. The standard InChI is InChI=1S/C14H18N6O/c1-9-10(2)17-18-14(16-9)20(3)8-11-5-4-6-12(7-11)13(15)19-21/h4-7,21H,8H2,1-3H3,(H2,15,19). The molecule has 0 radical (unpaired) electrons. The van der Waals surface area contributed by atoms with Crippen LogP contribution in [0.2, 0.25) is 0 Å². The molecule has 0 atom stereocenters. The molecule has 2 aromatic rings. The topological polar surface area (TPSA) is 101 Å². The lowest BCUT2D eigenvalue weighted by molar-refractivity contribution is 0.318. The Hall–Kier alpha value is -2.70. The maximum Gasteiger partial charge on any atom is 0.245 e. The van der Waals surface area contributed by atoms with Gasteiger partial charge in [0.25, 0.3) is 0 Å². The summed E-state index contributed by atoms with van der Waals surface area (Å²) in [5.41, 5.74) is 8.94. The van der Waals surface area contributed by atoms with E-state index in [1.54, 1.807) is 6.07 Å². The Balaban J connectivity index is 2.19. The number of oxime groups is 1. The number of nitrogens with zero attached hydrogens (tertiary/aromatic N) is 5. The molecule has 0 aliphatic rings. The molecular formula is C14H18N6O. The van der Waals surface area contributed by atoms with Crippen molar-refractivity contribution >= 4 is 11.8 Å². The highest BCUT2D eigenvalue weighted by Gasteiger charge is 2.09. The van der Waals surface area contributed by atoms with Crippen molar-refractivity contribution in [3.8, 4) is 0 Å². The molecule has 0 aliphatic heterocycles. The van der Waals surface area contributed by atoms with Crippen molar-refractivity contribution in [2.75, 3.05) is 11.9 Å². The molecule has 0 unspecified atom stereocenters. The number of anilines is 1. The van der Waals surface area contributed by atoms with E-state index in [0.29, 0.717) is 18.1 Å². The van der Waals surface area contributed by atoms with Crippen molar-refractivity contribution in [1.29, 1.82) is 0 Å². The van der Waals surface area contributed by atoms with Crippen LogP contribution in [-0.4, -0.2) is 33.3 Å². The van der Waals surface area contributed by atoms with E-state index in [9.17, 15) is 0 Å². The van der Waals surface area contributed by atoms with Crippen LogP contribution in [0.4, 0.5) is 5.95 Å². The van der Waals surface area contributed by atoms with Gasteiger partial charge in [0.1, 0.15) is 0 Å². The maximum atomic E-state index is 8.72. The van der Waals surface area contributed by atoms with Crippen LogP contribution in [0, 0.1) is 13.8 Å². The molecule has 0 aliphatic carbocycles. The molecular weight excluding hydrogens is 268 g/mol. The lowest BCUT2D eigenvalue weighted by atomic mass is 10.1. The maximum absolute atomic E-state index is 8.72. The van der Waals surface area contributed by atoms with Crippen LogP contribution in [0.25, 0.3) is 0 Å². The van der Waals surface area contributed by atoms with E-state index in [0.717, 1.165) is 17.0 Å². The number of aromatic nitrogens is 3. The third-order valence-electron chi connectivity index (χ3n) is 3.17. The Morgan fingerprint density at radius 3 is 2.71 bits per heavy atom. The highest BCUT2D eigenvalue weighted by atomic mass is 16.4. The predicted octanol–water partition coefficient (Wildman–Crippen LogP) is 1.22. The summed E-state index contributed by atoms with van der Waals surface area (Å²) in [6, 6.07) is 7.46. The summed E-state index contributed by atoms with van der Waals surface area (Å²) in [5.74, 6) is 0.649. The van der Waals surface area contributed by atoms with Gasteiger partial charge < -0.3 is 15.8 Å². The summed E-state index contributed by atoms with van der Waals surface area (Å²) in [5, 5.41) is 19.9. The van der Waals surface area contributed by atoms with Gasteiger partial charge in [-0.1, -0.05) is 23.4 Å². The van der Waals surface area contributed by atoms with E-state index >= 15 is 0 Å². The molecule has 110 valence electrons. The average Bonchev–Trinajstić information content (AvgIpc) is 2.49. The molecule has 0 bridgehead atoms. The van der Waals surface area contributed by atoms with Gasteiger partial charge in [-0.2, -0.15) is 5.10 Å². The normalized spacial score (nSPS) is 11.5. The highest BCUT2D eigenvalue weighted by molar-refractivity contribution is 5.97. The van der Waals surface area contributed by atoms with Gasteiger partial charge in [0.05, 0.1) is 11.4 Å². The summed E-state index contributed by atoms with van der Waals surface area (Å²) < 4.78 is 0. The van der Waals surface area contributed by atoms with Crippen LogP contribution in [0.15, 0.2) is 29.4 Å². The Morgan fingerprint density at radius 1 is 1.29 bits per heavy atom. The molecule has 0 saturated carbocycles. The first kappa shape index (κ1) is 14.7. The number of nitrogens with two attached hydrogens (primary N) is 1. The third-order valence-corrected chi connectivity index (χ3v) is 3.17. The molecule has 7 heteroatoms. The Bertz CT molecular complexity index is 670. The fraction of sp³-hybridized carbons (Fsp3) is 0.286. The molecule has 0 saturated heterocycles. The highest BCUT2D eigenvalue weighted by Crippen LogP contribution is 2.12. The summed E-state index contributed by atoms with van der Waals surface area (Å²) >= 11 is 0. The molecule has 1 heterocycles. The lowest BCUT2D eigenvalue weighted by Crippen LogP contribution is -2.21. The third kappa shape index (κ3) is 3.44. The molecule has 3 N–H and O–H groups in total. The molecule has 2 rings (SSSR count). The molecule has 0 amide bonds. The van der Waals surface area contributed by atoms with Gasteiger partial charge in [-0.15, -0.1) is 5.10 Å². The first-order valence-electron chi connectivity index (χ1n) is 6.47. The lowest BCUT2D eigenvalue weighted by Gasteiger charge is -2.17. The number of amidine groups is 1. The van der Waals surface area contributed by atoms with Crippen molar-refractivity contribution < 1.29 is 5.21 Å². The van der Waals surface area contributed by atoms with Crippen LogP contribution < -0.4 is 10.6 Å². The summed E-state index contributed by atoms with van der Waals surface area (Å²) in [6.45, 7) is 4.37. The fourth-order valence-electron chi connectivity index (χ4n) is 1.84. The van der Waals surface area contributed by atoms with Crippen molar-refractivity contribution in [3.63, 3.8) is 0 Å². The Kier molecular flexibility index (Phi) is 4.32. The monoisotopic (exact) mass is 286 g/mol. The summed E-state index contributed by atoms with van der Waals surface area (Å²) in [7, 11) is 1.89. The fourth-order valence-corrected chi connectivity index (χ4v) is 1.84. The van der Waals surface area contributed by atoms with Crippen LogP contribution in [0.1, 0.15) is 22.5 Å². The van der Waals surface area contributed by atoms with E-state index in [2.05, 4.69) is 20.3 Å². The second-order valence-electron chi connectivity index (χ2n) is 4.82. The number of hydrogen-bond donors (Lipinski definition) is 2. The van der Waals surface area contributed by atoms with Gasteiger partial charge >= 0.3 is 0 Å². The van der Waals surface area contributed by atoms with Gasteiger partial charge in [-0.3, -0.25) is 0 Å². The van der Waals surface area contributed by atoms with Gasteiger partial charge in [0.15, 0.2) is 5.84 Å². The van der Waals surface area contributed by atoms with E-state index in [1.807, 2.05) is 44.0 Å². The SMILES string of the molecule is Cc1nnc(N(C)Cc2cccc(/C(N)=N/O)c2)nc1C. The van der Waals surface area contributed by atoms with Crippen molar-refractivity contribution in [1.82, 2.24) is 15.2 Å². The average molecular weight is 286 g/mol. The molecule has 0 spiro atoms. The van der Waals surface area contributed by atoms with Gasteiger partial charge in [-0.25, -0.2) is 4.98 Å². The van der Waals surface area contributed by atoms with E-state index in [1.165, 1.54) is 0 Å². The van der Waals surface area contributed by atoms with Crippen LogP contribution in [0.5, 0.6) is 0 Å². The Morgan fingerprint density at radius 2 is 2.05 bits per heavy atom. The van der Waals surface area contributed by atoms with Crippen molar-refractivity contribution in [2.45, 2.75) is 20.4 Å². The molecule has 1 aromatic carbocycles. The zero-order valence-electron chi connectivity index (χ0n) is 12.3. The summed E-state index contributed by atoms with van der Waals surface area (Å²) in [6.07, 6.45) is 0. The Labute approximate surface area is 123 Å². The molecule has 21 heavy (non-hydrogen) atoms. The molecule has 0 fully saturated rings. The second kappa shape index (κ2) is 6.17. The van der Waals surface area contributed by atoms with Crippen molar-refractivity contribution in [2.24, 2.45) is 10.9 Å². The van der Waals surface area contributed by atoms with E-state index < -0.39 is 0 Å². The zero-order chi connectivity index (χ0) is 15.4. The minimum atomic E-state index is 0.0867. The second-order valence-corrected chi connectivity index (χ2v) is 4.82. The van der Waals surface area contributed by atoms with Crippen LogP contribution in [-0.2, 0) is 6.54 Å². The van der Waals surface area contributed by atoms with E-state index in [4.69, 9.17) is 10.9 Å². The first-order valence-corrected chi connectivity index (χ1v) is 6.47. The predicted molar refractivity (Wildman–Crippen MR) is 80.4 cm³/mol. The first-order chi connectivity index (χ1) is 10.0. The largest absolute Gasteiger partial charge is 0.409 e. The number of rotatable bonds is 4. The van der Waals surface area contributed by atoms with Crippen molar-refractivity contribution in [3.05, 3.63) is 46.8 Å². The van der Waals surface area contributed by atoms with Crippen LogP contribution in [0.3, 0.4) is 0 Å². The summed E-state index contributed by atoms with van der Waals surface area (Å²) in [4.78, 5) is 6.30. The quantitative estimate of drug-likeness (QED) is 0.379. The zero-order valence-corrected chi connectivity index (χ0v) is 12.3. The van der Waals surface area contributed by atoms with Gasteiger partial charge in [-0.05, 0) is 25.5 Å². The molecule has 7 nitrogen and oxygen atoms in total. The van der Waals surface area contributed by atoms with Gasteiger partial charge in [0.2, 0.25) is 5.95 Å². The minimum absolute atomic E-state index is 0.0867. The number of benzene rings is 1. The minimum Gasteiger partial charge on any atom is -0.409 e. The van der Waals surface area contributed by atoms with E-state index in [-0.39, 0.29) is 5.84 Å². The smallest absolute Gasteiger partial charge is 0.245 e. The van der Waals surface area contributed by atoms with Gasteiger partial charge in [0, 0.05) is 19.2 Å². The number of hydrogen-bond acceptors (Lipinski definition) is 6.